The molecule has 1 unspecified atom stereocenters. The van der Waals surface area contributed by atoms with Crippen molar-refractivity contribution in [3.8, 4) is 0 Å². The highest BCUT2D eigenvalue weighted by Crippen LogP contribution is 2.21. The van der Waals surface area contributed by atoms with E-state index in [2.05, 4.69) is 20.8 Å². The van der Waals surface area contributed by atoms with E-state index >= 15 is 0 Å². The first-order chi connectivity index (χ1) is 14.3. The molecule has 0 saturated carbocycles. The topological polar surface area (TPSA) is 88.4 Å². The molecule has 158 valence electrons. The predicted molar refractivity (Wildman–Crippen MR) is 117 cm³/mol. The molecule has 0 aliphatic rings. The minimum absolute atomic E-state index is 0.210. The number of rotatable bonds is 8. The van der Waals surface area contributed by atoms with Crippen LogP contribution in [0.1, 0.15) is 36.5 Å². The van der Waals surface area contributed by atoms with Gasteiger partial charge in [-0.3, -0.25) is 14.0 Å². The van der Waals surface area contributed by atoms with Crippen LogP contribution in [-0.2, 0) is 11.2 Å². The Morgan fingerprint density at radius 3 is 2.67 bits per heavy atom. The maximum atomic E-state index is 12.8. The number of hydrogen-bond acceptors (Lipinski definition) is 4. The van der Waals surface area contributed by atoms with Gasteiger partial charge in [0.15, 0.2) is 5.65 Å². The van der Waals surface area contributed by atoms with Crippen LogP contribution in [0.25, 0.3) is 5.65 Å². The summed E-state index contributed by atoms with van der Waals surface area (Å²) >= 11 is 12.0. The molecule has 7 nitrogen and oxygen atoms in total. The molecule has 3 aromatic rings. The van der Waals surface area contributed by atoms with Crippen LogP contribution in [0.2, 0.25) is 10.0 Å². The third-order valence-electron chi connectivity index (χ3n) is 4.54. The average Bonchev–Trinajstić information content (AvgIpc) is 3.10. The summed E-state index contributed by atoms with van der Waals surface area (Å²) in [5.41, 5.74) is 1.03. The number of nitrogens with one attached hydrogen (secondary N) is 2. The minimum atomic E-state index is -0.681. The second kappa shape index (κ2) is 9.91. The van der Waals surface area contributed by atoms with Gasteiger partial charge in [-0.15, -0.1) is 10.2 Å². The van der Waals surface area contributed by atoms with E-state index in [0.29, 0.717) is 24.4 Å². The average molecular weight is 448 g/mol. The van der Waals surface area contributed by atoms with Crippen molar-refractivity contribution in [3.63, 3.8) is 0 Å². The molecule has 2 aromatic heterocycles. The standard InChI is InChI=1S/C21H23Cl2N5O2/c1-13(2)11-17(25-20(29)15-7-6-14(22)12-16(15)23)21(30)24-9-8-19-27-26-18-5-3-4-10-28(18)19/h3-7,10,12-13,17H,8-9,11H2,1-2H3,(H,24,30)(H,25,29). The van der Waals surface area contributed by atoms with Crippen molar-refractivity contribution in [2.75, 3.05) is 6.54 Å². The van der Waals surface area contributed by atoms with Gasteiger partial charge in [0, 0.05) is 24.2 Å². The van der Waals surface area contributed by atoms with E-state index in [1.54, 1.807) is 12.1 Å². The molecule has 3 rings (SSSR count). The number of amides is 2. The Kier molecular flexibility index (Phi) is 7.29. The molecule has 1 aromatic carbocycles. The second-order valence-electron chi connectivity index (χ2n) is 7.37. The first kappa shape index (κ1) is 22.1. The van der Waals surface area contributed by atoms with E-state index < -0.39 is 11.9 Å². The van der Waals surface area contributed by atoms with Crippen LogP contribution in [-0.4, -0.2) is 39.0 Å². The molecule has 0 fully saturated rings. The Morgan fingerprint density at radius 1 is 1.13 bits per heavy atom. The van der Waals surface area contributed by atoms with Crippen LogP contribution < -0.4 is 10.6 Å². The number of benzene rings is 1. The molecular weight excluding hydrogens is 425 g/mol. The third kappa shape index (κ3) is 5.49. The number of nitrogens with zero attached hydrogens (tertiary/aromatic N) is 3. The van der Waals surface area contributed by atoms with E-state index in [1.807, 2.05) is 42.6 Å². The van der Waals surface area contributed by atoms with Crippen LogP contribution in [0.15, 0.2) is 42.6 Å². The minimum Gasteiger partial charge on any atom is -0.354 e. The quantitative estimate of drug-likeness (QED) is 0.552. The normalized spacial score (nSPS) is 12.2. The van der Waals surface area contributed by atoms with Crippen LogP contribution >= 0.6 is 23.2 Å². The van der Waals surface area contributed by atoms with Gasteiger partial charge in [-0.25, -0.2) is 0 Å². The van der Waals surface area contributed by atoms with Gasteiger partial charge in [0.05, 0.1) is 10.6 Å². The molecule has 1 atom stereocenters. The lowest BCUT2D eigenvalue weighted by Crippen LogP contribution is -2.48. The fourth-order valence-corrected chi connectivity index (χ4v) is 3.59. The number of carbonyl (C=O) groups excluding carboxylic acids is 2. The van der Waals surface area contributed by atoms with Crippen LogP contribution in [0.5, 0.6) is 0 Å². The lowest BCUT2D eigenvalue weighted by atomic mass is 10.0. The molecule has 9 heteroatoms. The molecule has 0 saturated heterocycles. The van der Waals surface area contributed by atoms with Gasteiger partial charge >= 0.3 is 0 Å². The zero-order chi connectivity index (χ0) is 21.7. The highest BCUT2D eigenvalue weighted by molar-refractivity contribution is 6.36. The molecule has 2 heterocycles. The zero-order valence-corrected chi connectivity index (χ0v) is 18.2. The summed E-state index contributed by atoms with van der Waals surface area (Å²) in [5.74, 6) is 0.294. The number of halogens is 2. The molecule has 0 aliphatic heterocycles. The van der Waals surface area contributed by atoms with Crippen molar-refractivity contribution < 1.29 is 9.59 Å². The summed E-state index contributed by atoms with van der Waals surface area (Å²) in [7, 11) is 0. The van der Waals surface area contributed by atoms with E-state index in [1.165, 1.54) is 6.07 Å². The van der Waals surface area contributed by atoms with E-state index in [-0.39, 0.29) is 22.4 Å². The third-order valence-corrected chi connectivity index (χ3v) is 5.08. The smallest absolute Gasteiger partial charge is 0.253 e. The highest BCUT2D eigenvalue weighted by Gasteiger charge is 2.23. The lowest BCUT2D eigenvalue weighted by Gasteiger charge is -2.20. The largest absolute Gasteiger partial charge is 0.354 e. The molecule has 0 radical (unpaired) electrons. The van der Waals surface area contributed by atoms with Gasteiger partial charge < -0.3 is 10.6 Å². The maximum Gasteiger partial charge on any atom is 0.253 e. The monoisotopic (exact) mass is 447 g/mol. The van der Waals surface area contributed by atoms with Gasteiger partial charge in [-0.1, -0.05) is 43.1 Å². The summed E-state index contributed by atoms with van der Waals surface area (Å²) in [6, 6.07) is 9.60. The predicted octanol–water partition coefficient (Wildman–Crippen LogP) is 3.54. The Balaban J connectivity index is 1.62. The van der Waals surface area contributed by atoms with Crippen LogP contribution in [0.3, 0.4) is 0 Å². The fourth-order valence-electron chi connectivity index (χ4n) is 3.09. The zero-order valence-electron chi connectivity index (χ0n) is 16.7. The van der Waals surface area contributed by atoms with Gasteiger partial charge in [0.25, 0.3) is 5.91 Å². The van der Waals surface area contributed by atoms with Crippen LogP contribution in [0.4, 0.5) is 0 Å². The number of hydrogen-bond donors (Lipinski definition) is 2. The van der Waals surface area contributed by atoms with Gasteiger partial charge in [0.1, 0.15) is 11.9 Å². The van der Waals surface area contributed by atoms with Crippen molar-refractivity contribution in [2.45, 2.75) is 32.7 Å². The number of carbonyl (C=O) groups is 2. The molecule has 0 spiro atoms. The summed E-state index contributed by atoms with van der Waals surface area (Å²) in [6.07, 6.45) is 2.89. The van der Waals surface area contributed by atoms with Gasteiger partial charge in [0.2, 0.25) is 5.91 Å². The van der Waals surface area contributed by atoms with Crippen molar-refractivity contribution in [1.29, 1.82) is 0 Å². The van der Waals surface area contributed by atoms with Crippen molar-refractivity contribution in [2.24, 2.45) is 5.92 Å². The Labute approximate surface area is 184 Å². The van der Waals surface area contributed by atoms with Gasteiger partial charge in [-0.2, -0.15) is 0 Å². The highest BCUT2D eigenvalue weighted by atomic mass is 35.5. The first-order valence-corrected chi connectivity index (χ1v) is 10.4. The summed E-state index contributed by atoms with van der Waals surface area (Å²) in [4.78, 5) is 25.4. The van der Waals surface area contributed by atoms with E-state index in [4.69, 9.17) is 23.2 Å². The Bertz CT molecular complexity index is 1050. The maximum absolute atomic E-state index is 12.8. The summed E-state index contributed by atoms with van der Waals surface area (Å²) < 4.78 is 1.88. The van der Waals surface area contributed by atoms with Crippen molar-refractivity contribution >= 4 is 40.7 Å². The Morgan fingerprint density at radius 2 is 1.93 bits per heavy atom. The SMILES string of the molecule is CC(C)CC(NC(=O)c1ccc(Cl)cc1Cl)C(=O)NCCc1nnc2ccccn12. The second-order valence-corrected chi connectivity index (χ2v) is 8.21. The van der Waals surface area contributed by atoms with Crippen LogP contribution in [0, 0.1) is 5.92 Å². The lowest BCUT2D eigenvalue weighted by molar-refractivity contribution is -0.123. The first-order valence-electron chi connectivity index (χ1n) is 9.67. The Hall–Kier alpha value is -2.64. The number of fused-ring (bicyclic) bond motifs is 1. The number of aromatic nitrogens is 3. The molecule has 2 amide bonds. The summed E-state index contributed by atoms with van der Waals surface area (Å²) in [5, 5.41) is 14.6. The fraction of sp³-hybridized carbons (Fsp3) is 0.333. The summed E-state index contributed by atoms with van der Waals surface area (Å²) in [6.45, 7) is 4.36. The molecule has 0 bridgehead atoms. The van der Waals surface area contributed by atoms with E-state index in [0.717, 1.165) is 11.5 Å². The van der Waals surface area contributed by atoms with E-state index in [9.17, 15) is 9.59 Å². The molecule has 2 N–H and O–H groups in total. The van der Waals surface area contributed by atoms with Crippen molar-refractivity contribution in [1.82, 2.24) is 25.2 Å². The van der Waals surface area contributed by atoms with Crippen molar-refractivity contribution in [3.05, 3.63) is 64.0 Å². The molecule has 30 heavy (non-hydrogen) atoms. The number of pyridine rings is 1. The molecular formula is C21H23Cl2N5O2. The molecule has 0 aliphatic carbocycles. The van der Waals surface area contributed by atoms with Gasteiger partial charge in [-0.05, 0) is 42.7 Å².